The van der Waals surface area contributed by atoms with Gasteiger partial charge in [-0.1, -0.05) is 12.1 Å². The first kappa shape index (κ1) is 11.2. The third-order valence-electron chi connectivity index (χ3n) is 3.35. The Labute approximate surface area is 107 Å². The largest absolute Gasteiger partial charge is 0.377 e. The van der Waals surface area contributed by atoms with Crippen molar-refractivity contribution in [2.24, 2.45) is 0 Å². The monoisotopic (exact) mass is 240 g/mol. The van der Waals surface area contributed by atoms with Crippen LogP contribution in [-0.2, 0) is 4.74 Å². The van der Waals surface area contributed by atoms with Crippen molar-refractivity contribution in [3.05, 3.63) is 54.1 Å². The lowest BCUT2D eigenvalue weighted by atomic mass is 9.97. The summed E-state index contributed by atoms with van der Waals surface area (Å²) in [6.07, 6.45) is 6.57. The Kier molecular flexibility index (Phi) is 2.99. The fraction of sp³-hybridized carbons (Fsp3) is 0.267. The van der Waals surface area contributed by atoms with Crippen LogP contribution in [0, 0.1) is 0 Å². The fourth-order valence-electron chi connectivity index (χ4n) is 2.34. The number of nitrogens with zero attached hydrogens (tertiary/aromatic N) is 2. The molecular formula is C15H16N2O. The van der Waals surface area contributed by atoms with E-state index >= 15 is 0 Å². The van der Waals surface area contributed by atoms with Crippen LogP contribution in [0.2, 0.25) is 0 Å². The van der Waals surface area contributed by atoms with Crippen LogP contribution in [0.15, 0.2) is 48.6 Å². The van der Waals surface area contributed by atoms with Gasteiger partial charge in [-0.2, -0.15) is 0 Å². The first-order valence-electron chi connectivity index (χ1n) is 6.20. The lowest BCUT2D eigenvalue weighted by Crippen LogP contribution is -2.08. The summed E-state index contributed by atoms with van der Waals surface area (Å²) >= 11 is 0. The second-order valence-electron chi connectivity index (χ2n) is 4.58. The SMILES string of the molecule is CC1=C(c2ccc(-n3ccnc3)cc2)CCOC1. The maximum atomic E-state index is 5.45. The third kappa shape index (κ3) is 2.09. The van der Waals surface area contributed by atoms with E-state index in [4.69, 9.17) is 4.74 Å². The highest BCUT2D eigenvalue weighted by atomic mass is 16.5. The van der Waals surface area contributed by atoms with Gasteiger partial charge in [0.15, 0.2) is 0 Å². The summed E-state index contributed by atoms with van der Waals surface area (Å²) in [5.41, 5.74) is 5.22. The standard InChI is InChI=1S/C15H16N2O/c1-12-10-18-9-6-15(12)13-2-4-14(5-3-13)17-8-7-16-11-17/h2-5,7-8,11H,6,9-10H2,1H3. The molecule has 2 aromatic rings. The molecule has 0 N–H and O–H groups in total. The van der Waals surface area contributed by atoms with Crippen molar-refractivity contribution in [3.63, 3.8) is 0 Å². The van der Waals surface area contributed by atoms with Gasteiger partial charge in [-0.05, 0) is 42.2 Å². The smallest absolute Gasteiger partial charge is 0.0991 e. The first-order chi connectivity index (χ1) is 8.84. The van der Waals surface area contributed by atoms with E-state index in [-0.39, 0.29) is 0 Å². The van der Waals surface area contributed by atoms with Crippen LogP contribution in [0.4, 0.5) is 0 Å². The van der Waals surface area contributed by atoms with Gasteiger partial charge in [0.05, 0.1) is 19.5 Å². The summed E-state index contributed by atoms with van der Waals surface area (Å²) in [5.74, 6) is 0. The second kappa shape index (κ2) is 4.78. The number of imidazole rings is 1. The molecule has 0 fully saturated rings. The number of ether oxygens (including phenoxy) is 1. The van der Waals surface area contributed by atoms with Crippen molar-refractivity contribution in [2.45, 2.75) is 13.3 Å². The molecule has 3 rings (SSSR count). The summed E-state index contributed by atoms with van der Waals surface area (Å²) in [4.78, 5) is 4.06. The molecule has 2 heterocycles. The van der Waals surface area contributed by atoms with Gasteiger partial charge >= 0.3 is 0 Å². The highest BCUT2D eigenvalue weighted by Crippen LogP contribution is 2.26. The molecule has 1 aromatic heterocycles. The average Bonchev–Trinajstić information content (AvgIpc) is 2.94. The normalized spacial score (nSPS) is 16.1. The quantitative estimate of drug-likeness (QED) is 0.806. The van der Waals surface area contributed by atoms with E-state index in [2.05, 4.69) is 36.2 Å². The van der Waals surface area contributed by atoms with E-state index in [1.165, 1.54) is 16.7 Å². The molecule has 1 aliphatic rings. The zero-order valence-corrected chi connectivity index (χ0v) is 10.5. The van der Waals surface area contributed by atoms with E-state index in [1.54, 1.807) is 6.20 Å². The Morgan fingerprint density at radius 1 is 1.22 bits per heavy atom. The number of hydrogen-bond acceptors (Lipinski definition) is 2. The molecule has 0 atom stereocenters. The van der Waals surface area contributed by atoms with Crippen molar-refractivity contribution in [2.75, 3.05) is 13.2 Å². The van der Waals surface area contributed by atoms with E-state index in [1.807, 2.05) is 17.1 Å². The summed E-state index contributed by atoms with van der Waals surface area (Å²) in [6, 6.07) is 8.62. The summed E-state index contributed by atoms with van der Waals surface area (Å²) in [5, 5.41) is 0. The Morgan fingerprint density at radius 2 is 2.06 bits per heavy atom. The van der Waals surface area contributed by atoms with Crippen LogP contribution < -0.4 is 0 Å². The van der Waals surface area contributed by atoms with Gasteiger partial charge in [-0.3, -0.25) is 0 Å². The highest BCUT2D eigenvalue weighted by Gasteiger charge is 2.11. The molecule has 0 spiro atoms. The van der Waals surface area contributed by atoms with Crippen molar-refractivity contribution >= 4 is 5.57 Å². The van der Waals surface area contributed by atoms with Crippen LogP contribution in [0.25, 0.3) is 11.3 Å². The maximum Gasteiger partial charge on any atom is 0.0991 e. The van der Waals surface area contributed by atoms with Gasteiger partial charge in [-0.25, -0.2) is 4.98 Å². The molecule has 0 radical (unpaired) electrons. The minimum absolute atomic E-state index is 0.763. The van der Waals surface area contributed by atoms with E-state index in [0.29, 0.717) is 0 Å². The van der Waals surface area contributed by atoms with Gasteiger partial charge < -0.3 is 9.30 Å². The van der Waals surface area contributed by atoms with Crippen molar-refractivity contribution < 1.29 is 4.74 Å². The van der Waals surface area contributed by atoms with Crippen molar-refractivity contribution in [3.8, 4) is 5.69 Å². The molecule has 0 bridgehead atoms. The van der Waals surface area contributed by atoms with E-state index in [0.717, 1.165) is 25.3 Å². The minimum Gasteiger partial charge on any atom is -0.377 e. The van der Waals surface area contributed by atoms with Crippen LogP contribution in [0.5, 0.6) is 0 Å². The first-order valence-corrected chi connectivity index (χ1v) is 6.20. The lowest BCUT2D eigenvalue weighted by Gasteiger charge is -2.18. The summed E-state index contributed by atoms with van der Waals surface area (Å²) in [6.45, 7) is 3.74. The van der Waals surface area contributed by atoms with Crippen LogP contribution in [0.3, 0.4) is 0 Å². The molecule has 0 saturated carbocycles. The molecule has 0 aliphatic carbocycles. The molecule has 3 nitrogen and oxygen atoms in total. The Hall–Kier alpha value is -1.87. The zero-order chi connectivity index (χ0) is 12.4. The Bertz CT molecular complexity index is 553. The topological polar surface area (TPSA) is 27.1 Å². The molecule has 3 heteroatoms. The molecule has 18 heavy (non-hydrogen) atoms. The minimum atomic E-state index is 0.763. The average molecular weight is 240 g/mol. The molecule has 0 unspecified atom stereocenters. The van der Waals surface area contributed by atoms with Gasteiger partial charge in [0.25, 0.3) is 0 Å². The van der Waals surface area contributed by atoms with Gasteiger partial charge in [0, 0.05) is 18.1 Å². The summed E-state index contributed by atoms with van der Waals surface area (Å²) < 4.78 is 7.45. The Morgan fingerprint density at radius 3 is 2.72 bits per heavy atom. The predicted octanol–water partition coefficient (Wildman–Crippen LogP) is 3.07. The van der Waals surface area contributed by atoms with Gasteiger partial charge in [0.2, 0.25) is 0 Å². The van der Waals surface area contributed by atoms with Crippen LogP contribution in [-0.4, -0.2) is 22.8 Å². The number of aromatic nitrogens is 2. The number of benzene rings is 1. The van der Waals surface area contributed by atoms with Crippen molar-refractivity contribution in [1.82, 2.24) is 9.55 Å². The fourth-order valence-corrected chi connectivity index (χ4v) is 2.34. The molecular weight excluding hydrogens is 224 g/mol. The third-order valence-corrected chi connectivity index (χ3v) is 3.35. The molecule has 1 aliphatic heterocycles. The molecule has 0 amide bonds. The number of rotatable bonds is 2. The van der Waals surface area contributed by atoms with Crippen LogP contribution >= 0.6 is 0 Å². The summed E-state index contributed by atoms with van der Waals surface area (Å²) in [7, 11) is 0. The zero-order valence-electron chi connectivity index (χ0n) is 10.5. The molecule has 92 valence electrons. The maximum absolute atomic E-state index is 5.45. The van der Waals surface area contributed by atoms with E-state index in [9.17, 15) is 0 Å². The molecule has 0 saturated heterocycles. The highest BCUT2D eigenvalue weighted by molar-refractivity contribution is 5.69. The van der Waals surface area contributed by atoms with E-state index < -0.39 is 0 Å². The van der Waals surface area contributed by atoms with Crippen molar-refractivity contribution in [1.29, 1.82) is 0 Å². The lowest BCUT2D eigenvalue weighted by molar-refractivity contribution is 0.154. The van der Waals surface area contributed by atoms with Gasteiger partial charge in [-0.15, -0.1) is 0 Å². The number of hydrogen-bond donors (Lipinski definition) is 0. The molecule has 1 aromatic carbocycles. The predicted molar refractivity (Wildman–Crippen MR) is 71.6 cm³/mol. The van der Waals surface area contributed by atoms with Gasteiger partial charge in [0.1, 0.15) is 0 Å². The Balaban J connectivity index is 1.92. The second-order valence-corrected chi connectivity index (χ2v) is 4.58. The van der Waals surface area contributed by atoms with Crippen LogP contribution in [0.1, 0.15) is 18.9 Å².